The van der Waals surface area contributed by atoms with E-state index in [1.165, 1.54) is 0 Å². The molecule has 2 unspecified atom stereocenters. The predicted octanol–water partition coefficient (Wildman–Crippen LogP) is 1.56. The molecule has 2 fully saturated rings. The summed E-state index contributed by atoms with van der Waals surface area (Å²) in [4.78, 5) is 23.9. The van der Waals surface area contributed by atoms with Crippen LogP contribution in [0.25, 0.3) is 0 Å². The molecule has 0 spiro atoms. The molecular formula is C14H23NO4. The molecule has 5 nitrogen and oxygen atoms in total. The average Bonchev–Trinajstić information content (AvgIpc) is 2.98. The third-order valence-electron chi connectivity index (χ3n) is 4.97. The van der Waals surface area contributed by atoms with Crippen LogP contribution in [0.2, 0.25) is 0 Å². The highest BCUT2D eigenvalue weighted by Gasteiger charge is 2.49. The summed E-state index contributed by atoms with van der Waals surface area (Å²) in [5.41, 5.74) is -1.30. The van der Waals surface area contributed by atoms with Gasteiger partial charge in [0.1, 0.15) is 5.41 Å². The maximum absolute atomic E-state index is 12.5. The Morgan fingerprint density at radius 3 is 2.53 bits per heavy atom. The first-order valence-corrected chi connectivity index (χ1v) is 7.07. The summed E-state index contributed by atoms with van der Waals surface area (Å²) < 4.78 is 5.27. The van der Waals surface area contributed by atoms with E-state index in [2.05, 4.69) is 5.32 Å². The van der Waals surface area contributed by atoms with Crippen molar-refractivity contribution < 1.29 is 19.4 Å². The van der Waals surface area contributed by atoms with E-state index >= 15 is 0 Å². The molecule has 0 radical (unpaired) electrons. The fraction of sp³-hybridized carbons (Fsp3) is 0.857. The van der Waals surface area contributed by atoms with Gasteiger partial charge in [-0.3, -0.25) is 9.59 Å². The number of carbonyl (C=O) groups excluding carboxylic acids is 1. The first-order chi connectivity index (χ1) is 8.94. The molecule has 19 heavy (non-hydrogen) atoms. The molecule has 2 rings (SSSR count). The molecule has 1 saturated carbocycles. The van der Waals surface area contributed by atoms with Crippen LogP contribution in [-0.2, 0) is 14.3 Å². The van der Waals surface area contributed by atoms with Crippen molar-refractivity contribution in [3.05, 3.63) is 0 Å². The van der Waals surface area contributed by atoms with Crippen LogP contribution in [0.15, 0.2) is 0 Å². The molecule has 5 heteroatoms. The number of rotatable bonds is 4. The van der Waals surface area contributed by atoms with E-state index in [0.717, 1.165) is 32.1 Å². The Morgan fingerprint density at radius 2 is 2.00 bits per heavy atom. The van der Waals surface area contributed by atoms with Crippen molar-refractivity contribution in [1.29, 1.82) is 0 Å². The average molecular weight is 269 g/mol. The summed E-state index contributed by atoms with van der Waals surface area (Å²) in [5.74, 6) is -0.900. The van der Waals surface area contributed by atoms with E-state index < -0.39 is 17.4 Å². The van der Waals surface area contributed by atoms with E-state index in [-0.39, 0.29) is 24.5 Å². The Hall–Kier alpha value is -1.10. The minimum absolute atomic E-state index is 0.00970. The van der Waals surface area contributed by atoms with Crippen molar-refractivity contribution in [2.45, 2.75) is 52.0 Å². The van der Waals surface area contributed by atoms with Gasteiger partial charge in [0.2, 0.25) is 5.91 Å². The Morgan fingerprint density at radius 1 is 1.37 bits per heavy atom. The second-order valence-electron chi connectivity index (χ2n) is 6.10. The van der Waals surface area contributed by atoms with Crippen molar-refractivity contribution in [1.82, 2.24) is 5.32 Å². The monoisotopic (exact) mass is 269 g/mol. The molecule has 1 saturated heterocycles. The maximum Gasteiger partial charge on any atom is 0.313 e. The van der Waals surface area contributed by atoms with Gasteiger partial charge in [-0.1, -0.05) is 19.8 Å². The summed E-state index contributed by atoms with van der Waals surface area (Å²) in [6, 6.07) is -0.429. The van der Waals surface area contributed by atoms with Crippen molar-refractivity contribution in [2.24, 2.45) is 10.8 Å². The van der Waals surface area contributed by atoms with E-state index in [1.54, 1.807) is 6.92 Å². The van der Waals surface area contributed by atoms with E-state index in [0.29, 0.717) is 0 Å². The van der Waals surface area contributed by atoms with Gasteiger partial charge < -0.3 is 15.2 Å². The Bertz CT molecular complexity index is 376. The first kappa shape index (κ1) is 14.3. The number of carboxylic acids is 1. The maximum atomic E-state index is 12.5. The largest absolute Gasteiger partial charge is 0.481 e. The second-order valence-corrected chi connectivity index (χ2v) is 6.10. The summed E-state index contributed by atoms with van der Waals surface area (Å²) in [6.45, 7) is 4.12. The van der Waals surface area contributed by atoms with Gasteiger partial charge in [-0.2, -0.15) is 0 Å². The molecule has 1 amide bonds. The number of ether oxygens (including phenoxy) is 1. The molecule has 2 N–H and O–H groups in total. The quantitative estimate of drug-likeness (QED) is 0.812. The van der Waals surface area contributed by atoms with E-state index in [9.17, 15) is 14.7 Å². The molecule has 1 aliphatic carbocycles. The lowest BCUT2D eigenvalue weighted by Crippen LogP contribution is -2.53. The van der Waals surface area contributed by atoms with Crippen LogP contribution in [0.4, 0.5) is 0 Å². The van der Waals surface area contributed by atoms with Gasteiger partial charge in [-0.25, -0.2) is 0 Å². The molecule has 0 aromatic carbocycles. The zero-order valence-electron chi connectivity index (χ0n) is 11.7. The fourth-order valence-corrected chi connectivity index (χ4v) is 3.19. The molecule has 0 bridgehead atoms. The molecule has 0 aromatic heterocycles. The predicted molar refractivity (Wildman–Crippen MR) is 69.7 cm³/mol. The molecule has 108 valence electrons. The SMILES string of the molecule is CCC1(C(=O)NC2COCC2(C)C(=O)O)CCCC1. The van der Waals surface area contributed by atoms with Gasteiger partial charge in [-0.15, -0.1) is 0 Å². The first-order valence-electron chi connectivity index (χ1n) is 7.07. The summed E-state index contributed by atoms with van der Waals surface area (Å²) in [5, 5.41) is 12.3. The molecule has 2 atom stereocenters. The van der Waals surface area contributed by atoms with Crippen LogP contribution in [0.1, 0.15) is 46.0 Å². The van der Waals surface area contributed by atoms with Gasteiger partial charge in [0, 0.05) is 5.41 Å². The van der Waals surface area contributed by atoms with Gasteiger partial charge in [-0.05, 0) is 26.2 Å². The topological polar surface area (TPSA) is 75.6 Å². The Labute approximate surface area is 113 Å². The lowest BCUT2D eigenvalue weighted by molar-refractivity contribution is -0.149. The zero-order chi connectivity index (χ0) is 14.1. The lowest BCUT2D eigenvalue weighted by Gasteiger charge is -2.31. The van der Waals surface area contributed by atoms with Crippen LogP contribution < -0.4 is 5.32 Å². The van der Waals surface area contributed by atoms with Gasteiger partial charge >= 0.3 is 5.97 Å². The summed E-state index contributed by atoms with van der Waals surface area (Å²) >= 11 is 0. The molecule has 1 aliphatic heterocycles. The summed E-state index contributed by atoms with van der Waals surface area (Å²) in [6.07, 6.45) is 4.80. The number of hydrogen-bond donors (Lipinski definition) is 2. The highest BCUT2D eigenvalue weighted by atomic mass is 16.5. The number of amides is 1. The van der Waals surface area contributed by atoms with Crippen molar-refractivity contribution in [3.63, 3.8) is 0 Å². The number of nitrogens with one attached hydrogen (secondary N) is 1. The van der Waals surface area contributed by atoms with E-state index in [4.69, 9.17) is 4.74 Å². The lowest BCUT2D eigenvalue weighted by atomic mass is 9.80. The smallest absolute Gasteiger partial charge is 0.313 e. The van der Waals surface area contributed by atoms with Gasteiger partial charge in [0.25, 0.3) is 0 Å². The number of aliphatic carboxylic acids is 1. The van der Waals surface area contributed by atoms with Crippen LogP contribution >= 0.6 is 0 Å². The number of carbonyl (C=O) groups is 2. The van der Waals surface area contributed by atoms with Gasteiger partial charge in [0.05, 0.1) is 19.3 Å². The highest BCUT2D eigenvalue weighted by Crippen LogP contribution is 2.41. The van der Waals surface area contributed by atoms with Crippen molar-refractivity contribution in [2.75, 3.05) is 13.2 Å². The van der Waals surface area contributed by atoms with Crippen LogP contribution in [-0.4, -0.2) is 36.2 Å². The summed E-state index contributed by atoms with van der Waals surface area (Å²) in [7, 11) is 0. The number of carboxylic acid groups (broad SMARTS) is 1. The Balaban J connectivity index is 2.08. The molecule has 1 heterocycles. The highest BCUT2D eigenvalue weighted by molar-refractivity contribution is 5.84. The molecule has 0 aromatic rings. The zero-order valence-corrected chi connectivity index (χ0v) is 11.7. The van der Waals surface area contributed by atoms with Crippen LogP contribution in [0, 0.1) is 10.8 Å². The number of hydrogen-bond acceptors (Lipinski definition) is 3. The fourth-order valence-electron chi connectivity index (χ4n) is 3.19. The standard InChI is InChI=1S/C14H23NO4/c1-3-14(6-4-5-7-14)11(16)15-10-8-19-9-13(10,2)12(17)18/h10H,3-9H2,1-2H3,(H,15,16)(H,17,18). The van der Waals surface area contributed by atoms with Crippen molar-refractivity contribution in [3.8, 4) is 0 Å². The molecule has 2 aliphatic rings. The van der Waals surface area contributed by atoms with Crippen LogP contribution in [0.3, 0.4) is 0 Å². The van der Waals surface area contributed by atoms with E-state index in [1.807, 2.05) is 6.92 Å². The molecular weight excluding hydrogens is 246 g/mol. The van der Waals surface area contributed by atoms with Crippen molar-refractivity contribution >= 4 is 11.9 Å². The normalized spacial score (nSPS) is 33.3. The third kappa shape index (κ3) is 2.36. The van der Waals surface area contributed by atoms with Gasteiger partial charge in [0.15, 0.2) is 0 Å². The third-order valence-corrected chi connectivity index (χ3v) is 4.97. The minimum atomic E-state index is -1.01. The minimum Gasteiger partial charge on any atom is -0.481 e. The van der Waals surface area contributed by atoms with Crippen LogP contribution in [0.5, 0.6) is 0 Å². The second kappa shape index (κ2) is 5.12. The Kier molecular flexibility index (Phi) is 3.85.